The molecule has 3 aromatic rings. The van der Waals surface area contributed by atoms with E-state index in [1.54, 1.807) is 28.4 Å². The molecule has 1 aliphatic rings. The molecule has 1 atom stereocenters. The maximum atomic E-state index is 12.7. The van der Waals surface area contributed by atoms with Crippen LogP contribution in [0.4, 0.5) is 0 Å². The quantitative estimate of drug-likeness (QED) is 0.520. The minimum absolute atomic E-state index is 0.169. The zero-order valence-corrected chi connectivity index (χ0v) is 20.1. The first-order valence-corrected chi connectivity index (χ1v) is 11.3. The van der Waals surface area contributed by atoms with Gasteiger partial charge in [-0.15, -0.1) is 0 Å². The van der Waals surface area contributed by atoms with Crippen molar-refractivity contribution in [2.24, 2.45) is 0 Å². The fourth-order valence-corrected chi connectivity index (χ4v) is 4.41. The summed E-state index contributed by atoms with van der Waals surface area (Å²) < 4.78 is 23.7. The van der Waals surface area contributed by atoms with E-state index in [1.807, 2.05) is 42.6 Å². The van der Waals surface area contributed by atoms with Crippen LogP contribution in [0, 0.1) is 0 Å². The van der Waals surface area contributed by atoms with E-state index in [1.165, 1.54) is 0 Å². The maximum Gasteiger partial charge on any atom is 0.271 e. The number of carbonyl (C=O) groups is 1. The summed E-state index contributed by atoms with van der Waals surface area (Å²) in [6.07, 6.45) is 4.25. The molecule has 2 heterocycles. The van der Waals surface area contributed by atoms with Crippen LogP contribution in [0.2, 0.25) is 0 Å². The number of hydrogen-bond acceptors (Lipinski definition) is 6. The summed E-state index contributed by atoms with van der Waals surface area (Å²) in [4.78, 5) is 17.3. The van der Waals surface area contributed by atoms with E-state index >= 15 is 0 Å². The first-order chi connectivity index (χ1) is 16.6. The minimum atomic E-state index is -0.169. The summed E-state index contributed by atoms with van der Waals surface area (Å²) in [6, 6.07) is 11.6. The lowest BCUT2D eigenvalue weighted by Crippen LogP contribution is -2.26. The Balaban J connectivity index is 1.39. The third-order valence-electron chi connectivity index (χ3n) is 6.25. The maximum absolute atomic E-state index is 12.7. The summed E-state index contributed by atoms with van der Waals surface area (Å²) >= 11 is 0. The largest absolute Gasteiger partial charge is 0.497 e. The van der Waals surface area contributed by atoms with Crippen molar-refractivity contribution in [1.82, 2.24) is 14.9 Å². The predicted octanol–water partition coefficient (Wildman–Crippen LogP) is 3.62. The average molecular weight is 466 g/mol. The highest BCUT2D eigenvalue weighted by atomic mass is 16.5. The number of ether oxygens (including phenoxy) is 4. The molecule has 0 bridgehead atoms. The third kappa shape index (κ3) is 4.95. The van der Waals surface area contributed by atoms with E-state index in [2.05, 4.69) is 14.9 Å². The molecule has 0 spiro atoms. The Hall–Kier alpha value is -3.68. The number of aryl methyl sites for hydroxylation is 1. The molecule has 4 rings (SSSR count). The van der Waals surface area contributed by atoms with Crippen LogP contribution < -0.4 is 24.3 Å². The van der Waals surface area contributed by atoms with Crippen molar-refractivity contribution in [1.29, 1.82) is 0 Å². The van der Waals surface area contributed by atoms with Crippen molar-refractivity contribution in [3.05, 3.63) is 65.2 Å². The van der Waals surface area contributed by atoms with Gasteiger partial charge in [-0.3, -0.25) is 4.79 Å². The molecule has 0 saturated heterocycles. The second-order valence-electron chi connectivity index (χ2n) is 8.23. The highest BCUT2D eigenvalue weighted by Gasteiger charge is 2.26. The van der Waals surface area contributed by atoms with Crippen LogP contribution in [0.25, 0.3) is 0 Å². The van der Waals surface area contributed by atoms with Crippen molar-refractivity contribution in [2.45, 2.75) is 31.7 Å². The Morgan fingerprint density at radius 1 is 1.00 bits per heavy atom. The van der Waals surface area contributed by atoms with Crippen LogP contribution in [0.3, 0.4) is 0 Å². The number of amides is 1. The fraction of sp³-hybridized carbons (Fsp3) is 0.385. The normalized spacial score (nSPS) is 14.8. The van der Waals surface area contributed by atoms with E-state index in [9.17, 15) is 4.79 Å². The molecule has 2 aromatic carbocycles. The van der Waals surface area contributed by atoms with E-state index in [0.29, 0.717) is 30.2 Å². The molecule has 8 heteroatoms. The number of hydrogen-bond donors (Lipinski definition) is 1. The second-order valence-corrected chi connectivity index (χ2v) is 8.23. The van der Waals surface area contributed by atoms with Gasteiger partial charge in [0.2, 0.25) is 0 Å². The van der Waals surface area contributed by atoms with Crippen LogP contribution in [0.1, 0.15) is 39.8 Å². The van der Waals surface area contributed by atoms with E-state index < -0.39 is 0 Å². The van der Waals surface area contributed by atoms with Crippen LogP contribution in [-0.4, -0.2) is 50.4 Å². The fourth-order valence-electron chi connectivity index (χ4n) is 4.41. The van der Waals surface area contributed by atoms with Gasteiger partial charge >= 0.3 is 0 Å². The molecule has 0 fully saturated rings. The van der Waals surface area contributed by atoms with Crippen molar-refractivity contribution in [3.8, 4) is 23.0 Å². The Labute approximate surface area is 199 Å². The van der Waals surface area contributed by atoms with E-state index in [0.717, 1.165) is 47.8 Å². The number of fused-ring (bicyclic) bond motifs is 1. The molecule has 180 valence electrons. The van der Waals surface area contributed by atoms with Crippen molar-refractivity contribution >= 4 is 5.91 Å². The summed E-state index contributed by atoms with van der Waals surface area (Å²) in [7, 11) is 6.56. The molecular weight excluding hydrogens is 434 g/mol. The zero-order valence-electron chi connectivity index (χ0n) is 20.1. The Morgan fingerprint density at radius 2 is 1.76 bits per heavy atom. The Kier molecular flexibility index (Phi) is 7.25. The van der Waals surface area contributed by atoms with Gasteiger partial charge in [0.25, 0.3) is 5.91 Å². The molecule has 1 unspecified atom stereocenters. The van der Waals surface area contributed by atoms with Gasteiger partial charge in [0.05, 0.1) is 28.4 Å². The molecule has 1 amide bonds. The van der Waals surface area contributed by atoms with E-state index in [4.69, 9.17) is 18.9 Å². The van der Waals surface area contributed by atoms with Gasteiger partial charge in [0.15, 0.2) is 11.5 Å². The molecular formula is C26H31N3O5. The molecule has 1 aliphatic heterocycles. The van der Waals surface area contributed by atoms with Gasteiger partial charge < -0.3 is 28.8 Å². The van der Waals surface area contributed by atoms with Crippen molar-refractivity contribution in [2.75, 3.05) is 35.0 Å². The summed E-state index contributed by atoms with van der Waals surface area (Å²) in [5, 5.41) is 2.98. The predicted molar refractivity (Wildman–Crippen MR) is 128 cm³/mol. The van der Waals surface area contributed by atoms with Gasteiger partial charge in [0.1, 0.15) is 23.0 Å². The second kappa shape index (κ2) is 10.5. The molecule has 34 heavy (non-hydrogen) atoms. The highest BCUT2D eigenvalue weighted by molar-refractivity contribution is 5.92. The molecule has 0 aliphatic carbocycles. The first kappa shape index (κ1) is 23.5. The first-order valence-electron chi connectivity index (χ1n) is 11.3. The number of methoxy groups -OCH3 is 4. The number of nitrogens with zero attached hydrogens (tertiary/aromatic N) is 2. The summed E-state index contributed by atoms with van der Waals surface area (Å²) in [6.45, 7) is 1.24. The van der Waals surface area contributed by atoms with Crippen molar-refractivity contribution < 1.29 is 23.7 Å². The minimum Gasteiger partial charge on any atom is -0.497 e. The van der Waals surface area contributed by atoms with Crippen LogP contribution >= 0.6 is 0 Å². The lowest BCUT2D eigenvalue weighted by Gasteiger charge is -2.25. The van der Waals surface area contributed by atoms with Crippen LogP contribution in [0.5, 0.6) is 23.0 Å². The smallest absolute Gasteiger partial charge is 0.271 e. The topological polar surface area (TPSA) is 83.8 Å². The third-order valence-corrected chi connectivity index (χ3v) is 6.25. The summed E-state index contributed by atoms with van der Waals surface area (Å²) in [5.41, 5.74) is 2.61. The number of nitrogens with one attached hydrogen (secondary N) is 1. The zero-order chi connectivity index (χ0) is 24.1. The van der Waals surface area contributed by atoms with Gasteiger partial charge in [-0.1, -0.05) is 6.07 Å². The Morgan fingerprint density at radius 3 is 2.50 bits per heavy atom. The van der Waals surface area contributed by atoms with Crippen molar-refractivity contribution in [3.63, 3.8) is 0 Å². The van der Waals surface area contributed by atoms with Gasteiger partial charge in [-0.2, -0.15) is 0 Å². The highest BCUT2D eigenvalue weighted by Crippen LogP contribution is 2.36. The van der Waals surface area contributed by atoms with Gasteiger partial charge in [-0.25, -0.2) is 4.98 Å². The number of benzene rings is 2. The average Bonchev–Trinajstić information content (AvgIpc) is 3.31. The molecule has 0 radical (unpaired) electrons. The van der Waals surface area contributed by atoms with Gasteiger partial charge in [-0.05, 0) is 48.7 Å². The Bertz CT molecular complexity index is 1160. The lowest BCUT2D eigenvalue weighted by atomic mass is 9.90. The molecule has 0 saturated carbocycles. The number of aromatic nitrogens is 2. The number of rotatable bonds is 9. The van der Waals surface area contributed by atoms with Crippen LogP contribution in [0.15, 0.2) is 42.6 Å². The number of imidazole rings is 1. The molecule has 1 aromatic heterocycles. The standard InChI is InChI=1S/C26H31N3O5/c1-31-19-7-9-22(32-2)20(14-19)18-6-10-25-28-21(16-29(25)15-18)26(30)27-12-11-17-5-8-23(33-3)24(13-17)34-4/h5,7-9,13-14,16,18H,6,10-12,15H2,1-4H3,(H,27,30). The lowest BCUT2D eigenvalue weighted by molar-refractivity contribution is 0.0949. The number of carbonyl (C=O) groups excluding carboxylic acids is 1. The molecule has 8 nitrogen and oxygen atoms in total. The molecule has 1 N–H and O–H groups in total. The summed E-state index contributed by atoms with van der Waals surface area (Å²) in [5.74, 6) is 4.04. The van der Waals surface area contributed by atoms with Crippen LogP contribution in [-0.2, 0) is 19.4 Å². The monoisotopic (exact) mass is 465 g/mol. The van der Waals surface area contributed by atoms with E-state index in [-0.39, 0.29) is 11.8 Å². The SMILES string of the molecule is COc1ccc(OC)c(C2CCc3nc(C(=O)NCCc4ccc(OC)c(OC)c4)cn3C2)c1. The van der Waals surface area contributed by atoms with Gasteiger partial charge in [0, 0.05) is 37.2 Å².